The van der Waals surface area contributed by atoms with Gasteiger partial charge in [0, 0.05) is 18.3 Å². The molecule has 1 aromatic heterocycles. The summed E-state index contributed by atoms with van der Waals surface area (Å²) in [5, 5.41) is 31.4. The lowest BCUT2D eigenvalue weighted by Gasteiger charge is -2.18. The molecule has 0 aromatic carbocycles. The summed E-state index contributed by atoms with van der Waals surface area (Å²) in [6.07, 6.45) is -1.36. The van der Waals surface area contributed by atoms with Gasteiger partial charge in [-0.3, -0.25) is 4.79 Å². The first kappa shape index (κ1) is 14.1. The SMILES string of the molecule is CNCc1cn([C@@H]2O[C@H](CO)[C@@H](O)[C@H]2O)cnc1=O. The molecule has 8 nitrogen and oxygen atoms in total. The third-order valence-corrected chi connectivity index (χ3v) is 3.07. The molecule has 0 radical (unpaired) electrons. The average Bonchev–Trinajstić information content (AvgIpc) is 2.69. The van der Waals surface area contributed by atoms with Gasteiger partial charge in [0.2, 0.25) is 0 Å². The maximum atomic E-state index is 11.5. The predicted octanol–water partition coefficient (Wildman–Crippen LogP) is -2.43. The Kier molecular flexibility index (Phi) is 4.27. The minimum Gasteiger partial charge on any atom is -0.394 e. The number of rotatable bonds is 4. The lowest BCUT2D eigenvalue weighted by Crippen LogP contribution is -2.33. The number of ether oxygens (including phenoxy) is 1. The van der Waals surface area contributed by atoms with Crippen molar-refractivity contribution in [3.8, 4) is 0 Å². The smallest absolute Gasteiger partial charge is 0.277 e. The first-order chi connectivity index (χ1) is 9.08. The van der Waals surface area contributed by atoms with E-state index in [-0.39, 0.29) is 5.56 Å². The quantitative estimate of drug-likeness (QED) is 0.481. The molecule has 1 aliphatic heterocycles. The standard InChI is InChI=1S/C11H17N3O5/c1-12-2-6-3-14(5-13-10(6)18)11-9(17)8(16)7(4-15)19-11/h3,5,7-9,11-12,15-17H,2,4H2,1H3/t7-,8-,9-,11-/m1/s1. The molecule has 1 aromatic rings. The van der Waals surface area contributed by atoms with E-state index in [1.165, 1.54) is 17.1 Å². The summed E-state index contributed by atoms with van der Waals surface area (Å²) in [5.41, 5.74) is 0.0556. The molecule has 1 aliphatic rings. The highest BCUT2D eigenvalue weighted by molar-refractivity contribution is 5.05. The van der Waals surface area contributed by atoms with Crippen LogP contribution in [0.1, 0.15) is 11.8 Å². The number of aromatic nitrogens is 2. The van der Waals surface area contributed by atoms with Crippen LogP contribution in [0.4, 0.5) is 0 Å². The second-order valence-corrected chi connectivity index (χ2v) is 4.41. The van der Waals surface area contributed by atoms with E-state index < -0.39 is 31.1 Å². The van der Waals surface area contributed by atoms with E-state index in [1.807, 2.05) is 0 Å². The maximum Gasteiger partial charge on any atom is 0.277 e. The number of nitrogens with one attached hydrogen (secondary N) is 1. The van der Waals surface area contributed by atoms with Crippen molar-refractivity contribution >= 4 is 0 Å². The zero-order valence-corrected chi connectivity index (χ0v) is 10.4. The fourth-order valence-corrected chi connectivity index (χ4v) is 2.05. The number of hydrogen-bond donors (Lipinski definition) is 4. The first-order valence-corrected chi connectivity index (χ1v) is 5.92. The van der Waals surface area contributed by atoms with Crippen LogP contribution in [0.2, 0.25) is 0 Å². The van der Waals surface area contributed by atoms with E-state index in [1.54, 1.807) is 7.05 Å². The summed E-state index contributed by atoms with van der Waals surface area (Å²) >= 11 is 0. The normalized spacial score (nSPS) is 30.7. The third kappa shape index (κ3) is 2.67. The molecule has 2 heterocycles. The molecule has 106 valence electrons. The van der Waals surface area contributed by atoms with Gasteiger partial charge in [-0.25, -0.2) is 0 Å². The fourth-order valence-electron chi connectivity index (χ4n) is 2.05. The Labute approximate surface area is 109 Å². The van der Waals surface area contributed by atoms with Gasteiger partial charge in [-0.1, -0.05) is 0 Å². The second kappa shape index (κ2) is 5.76. The predicted molar refractivity (Wildman–Crippen MR) is 64.3 cm³/mol. The molecule has 0 saturated carbocycles. The number of hydrogen-bond acceptors (Lipinski definition) is 7. The summed E-state index contributed by atoms with van der Waals surface area (Å²) in [4.78, 5) is 15.2. The molecule has 8 heteroatoms. The molecule has 4 atom stereocenters. The lowest BCUT2D eigenvalue weighted by atomic mass is 10.1. The average molecular weight is 271 g/mol. The van der Waals surface area contributed by atoms with Gasteiger partial charge in [-0.05, 0) is 7.05 Å². The molecule has 1 saturated heterocycles. The van der Waals surface area contributed by atoms with Gasteiger partial charge < -0.3 is 29.9 Å². The van der Waals surface area contributed by atoms with E-state index in [2.05, 4.69) is 10.3 Å². The molecule has 0 spiro atoms. The topological polar surface area (TPSA) is 117 Å². The van der Waals surface area contributed by atoms with E-state index >= 15 is 0 Å². The van der Waals surface area contributed by atoms with Gasteiger partial charge in [0.05, 0.1) is 6.61 Å². The zero-order chi connectivity index (χ0) is 14.0. The van der Waals surface area contributed by atoms with E-state index in [4.69, 9.17) is 9.84 Å². The molecular formula is C11H17N3O5. The number of nitrogens with zero attached hydrogens (tertiary/aromatic N) is 2. The van der Waals surface area contributed by atoms with Crippen LogP contribution in [-0.2, 0) is 11.3 Å². The van der Waals surface area contributed by atoms with E-state index in [9.17, 15) is 15.0 Å². The van der Waals surface area contributed by atoms with Crippen molar-refractivity contribution in [2.75, 3.05) is 13.7 Å². The summed E-state index contributed by atoms with van der Waals surface area (Å²) in [7, 11) is 1.70. The molecule has 1 fully saturated rings. The van der Waals surface area contributed by atoms with Crippen molar-refractivity contribution in [1.82, 2.24) is 14.9 Å². The van der Waals surface area contributed by atoms with Gasteiger partial charge in [-0.2, -0.15) is 4.98 Å². The van der Waals surface area contributed by atoms with Gasteiger partial charge in [-0.15, -0.1) is 0 Å². The number of aliphatic hydroxyl groups excluding tert-OH is 3. The highest BCUT2D eigenvalue weighted by atomic mass is 16.6. The third-order valence-electron chi connectivity index (χ3n) is 3.07. The van der Waals surface area contributed by atoms with Crippen molar-refractivity contribution in [1.29, 1.82) is 0 Å². The largest absolute Gasteiger partial charge is 0.394 e. The van der Waals surface area contributed by atoms with Gasteiger partial charge in [0.15, 0.2) is 6.23 Å². The van der Waals surface area contributed by atoms with Crippen LogP contribution in [-0.4, -0.2) is 56.8 Å². The molecule has 0 amide bonds. The molecule has 0 aliphatic carbocycles. The maximum absolute atomic E-state index is 11.5. The Bertz CT molecular complexity index is 491. The van der Waals surface area contributed by atoms with E-state index in [0.717, 1.165) is 0 Å². The Balaban J connectivity index is 2.27. The number of aliphatic hydroxyl groups is 3. The molecule has 2 rings (SSSR count). The summed E-state index contributed by atoms with van der Waals surface area (Å²) in [5.74, 6) is 0. The Morgan fingerprint density at radius 3 is 2.79 bits per heavy atom. The molecule has 19 heavy (non-hydrogen) atoms. The van der Waals surface area contributed by atoms with Crippen molar-refractivity contribution in [3.05, 3.63) is 28.4 Å². The van der Waals surface area contributed by atoms with Crippen molar-refractivity contribution < 1.29 is 20.1 Å². The Morgan fingerprint density at radius 2 is 2.21 bits per heavy atom. The van der Waals surface area contributed by atoms with E-state index in [0.29, 0.717) is 12.1 Å². The van der Waals surface area contributed by atoms with Crippen LogP contribution in [0.25, 0.3) is 0 Å². The molecule has 4 N–H and O–H groups in total. The molecular weight excluding hydrogens is 254 g/mol. The zero-order valence-electron chi connectivity index (χ0n) is 10.4. The second-order valence-electron chi connectivity index (χ2n) is 4.41. The summed E-state index contributed by atoms with van der Waals surface area (Å²) in [6, 6.07) is 0. The summed E-state index contributed by atoms with van der Waals surface area (Å²) < 4.78 is 6.76. The minimum absolute atomic E-state index is 0.335. The van der Waals surface area contributed by atoms with Crippen LogP contribution in [0, 0.1) is 0 Å². The Morgan fingerprint density at radius 1 is 1.47 bits per heavy atom. The minimum atomic E-state index is -1.19. The van der Waals surface area contributed by atoms with Gasteiger partial charge in [0.25, 0.3) is 5.56 Å². The van der Waals surface area contributed by atoms with Crippen LogP contribution in [0.5, 0.6) is 0 Å². The first-order valence-electron chi connectivity index (χ1n) is 5.92. The van der Waals surface area contributed by atoms with Crippen LogP contribution < -0.4 is 10.9 Å². The van der Waals surface area contributed by atoms with Gasteiger partial charge in [0.1, 0.15) is 24.6 Å². The highest BCUT2D eigenvalue weighted by Gasteiger charge is 2.43. The van der Waals surface area contributed by atoms with Crippen LogP contribution in [0.15, 0.2) is 17.3 Å². The van der Waals surface area contributed by atoms with Crippen molar-refractivity contribution in [2.45, 2.75) is 31.1 Å². The van der Waals surface area contributed by atoms with Crippen LogP contribution >= 0.6 is 0 Å². The molecule has 0 unspecified atom stereocenters. The fraction of sp³-hybridized carbons (Fsp3) is 0.636. The van der Waals surface area contributed by atoms with Crippen LogP contribution in [0.3, 0.4) is 0 Å². The van der Waals surface area contributed by atoms with Gasteiger partial charge >= 0.3 is 0 Å². The summed E-state index contributed by atoms with van der Waals surface area (Å²) in [6.45, 7) is -0.0623. The molecule has 0 bridgehead atoms. The van der Waals surface area contributed by atoms with Crippen molar-refractivity contribution in [2.24, 2.45) is 0 Å². The Hall–Kier alpha value is -1.32. The highest BCUT2D eigenvalue weighted by Crippen LogP contribution is 2.28. The lowest BCUT2D eigenvalue weighted by molar-refractivity contribution is -0.0535. The monoisotopic (exact) mass is 271 g/mol. The van der Waals surface area contributed by atoms with Crippen molar-refractivity contribution in [3.63, 3.8) is 0 Å².